The van der Waals surface area contributed by atoms with E-state index < -0.39 is 14.6 Å². The van der Waals surface area contributed by atoms with Crippen LogP contribution in [0.15, 0.2) is 24.3 Å². The molecule has 18 heavy (non-hydrogen) atoms. The first-order valence-electron chi connectivity index (χ1n) is 6.36. The Morgan fingerprint density at radius 3 is 2.28 bits per heavy atom. The van der Waals surface area contributed by atoms with Gasteiger partial charge < -0.3 is 5.32 Å². The van der Waals surface area contributed by atoms with Crippen molar-refractivity contribution in [2.75, 3.05) is 12.8 Å². The van der Waals surface area contributed by atoms with Gasteiger partial charge in [0.25, 0.3) is 0 Å². The number of nitrogens with one attached hydrogen (secondary N) is 1. The summed E-state index contributed by atoms with van der Waals surface area (Å²) in [6, 6.07) is 8.41. The molecule has 0 radical (unpaired) electrons. The second kappa shape index (κ2) is 4.67. The molecular weight excluding hydrogens is 246 g/mol. The molecule has 1 aromatic rings. The van der Waals surface area contributed by atoms with Gasteiger partial charge in [-0.3, -0.25) is 0 Å². The van der Waals surface area contributed by atoms with Crippen LogP contribution in [0, 0.1) is 0 Å². The van der Waals surface area contributed by atoms with Crippen molar-refractivity contribution in [3.63, 3.8) is 0 Å². The van der Waals surface area contributed by atoms with E-state index in [1.165, 1.54) is 18.2 Å². The molecule has 1 saturated heterocycles. The lowest BCUT2D eigenvalue weighted by Gasteiger charge is -2.23. The summed E-state index contributed by atoms with van der Waals surface area (Å²) in [7, 11) is -3.10. The van der Waals surface area contributed by atoms with Gasteiger partial charge in [0.1, 0.15) is 0 Å². The number of benzene rings is 1. The highest BCUT2D eigenvalue weighted by atomic mass is 32.2. The molecule has 1 fully saturated rings. The quantitative estimate of drug-likeness (QED) is 0.914. The Labute approximate surface area is 110 Å². The Morgan fingerprint density at radius 2 is 1.83 bits per heavy atom. The monoisotopic (exact) mass is 267 g/mol. The highest BCUT2D eigenvalue weighted by Gasteiger charge is 2.32. The smallest absolute Gasteiger partial charge is 0.156 e. The van der Waals surface area contributed by atoms with E-state index in [0.29, 0.717) is 6.04 Å². The largest absolute Gasteiger partial charge is 0.310 e. The van der Waals surface area contributed by atoms with E-state index in [1.807, 2.05) is 24.3 Å². The molecule has 0 spiro atoms. The zero-order valence-corrected chi connectivity index (χ0v) is 12.0. The lowest BCUT2D eigenvalue weighted by Crippen LogP contribution is -2.28. The summed E-state index contributed by atoms with van der Waals surface area (Å²) in [4.78, 5) is 0. The highest BCUT2D eigenvalue weighted by Crippen LogP contribution is 2.31. The minimum atomic E-state index is -3.10. The third kappa shape index (κ3) is 2.45. The first kappa shape index (κ1) is 13.6. The van der Waals surface area contributed by atoms with Crippen LogP contribution in [0.3, 0.4) is 0 Å². The Hall–Kier alpha value is -0.870. The molecule has 3 nitrogen and oxygen atoms in total. The fraction of sp³-hybridized carbons (Fsp3) is 0.571. The summed E-state index contributed by atoms with van der Waals surface area (Å²) < 4.78 is 22.7. The molecule has 1 heterocycles. The Kier molecular flexibility index (Phi) is 3.52. The summed E-state index contributed by atoms with van der Waals surface area (Å²) in [5, 5.41) is 3.44. The normalized spacial score (nSPS) is 21.2. The second-order valence-electron chi connectivity index (χ2n) is 5.55. The third-order valence-corrected chi connectivity index (χ3v) is 6.09. The minimum absolute atomic E-state index is 0.431. The van der Waals surface area contributed by atoms with Gasteiger partial charge in [0.2, 0.25) is 0 Å². The maximum atomic E-state index is 11.8. The van der Waals surface area contributed by atoms with Crippen molar-refractivity contribution < 1.29 is 8.42 Å². The fourth-order valence-corrected chi connectivity index (χ4v) is 2.86. The third-order valence-electron chi connectivity index (χ3n) is 4.00. The zero-order chi connectivity index (χ0) is 13.4. The van der Waals surface area contributed by atoms with Gasteiger partial charge in [-0.2, -0.15) is 0 Å². The Balaban J connectivity index is 2.27. The summed E-state index contributed by atoms with van der Waals surface area (Å²) in [6.45, 7) is 4.58. The van der Waals surface area contributed by atoms with Crippen molar-refractivity contribution in [2.45, 2.75) is 37.5 Å². The first-order valence-corrected chi connectivity index (χ1v) is 8.25. The SMILES string of the molecule is CC(C)(c1ccc(C2CCCN2)cc1)S(C)(=O)=O. The van der Waals surface area contributed by atoms with Crippen molar-refractivity contribution in [3.05, 3.63) is 35.4 Å². The molecular formula is C14H21NO2S. The van der Waals surface area contributed by atoms with Gasteiger partial charge in [0.05, 0.1) is 4.75 Å². The van der Waals surface area contributed by atoms with Crippen LogP contribution in [0.25, 0.3) is 0 Å². The van der Waals surface area contributed by atoms with Gasteiger partial charge in [-0.1, -0.05) is 24.3 Å². The molecule has 0 aromatic heterocycles. The van der Waals surface area contributed by atoms with Gasteiger partial charge >= 0.3 is 0 Å². The summed E-state index contributed by atoms with van der Waals surface area (Å²) in [5.41, 5.74) is 2.10. The van der Waals surface area contributed by atoms with E-state index in [1.54, 1.807) is 13.8 Å². The molecule has 0 aliphatic carbocycles. The van der Waals surface area contributed by atoms with E-state index in [4.69, 9.17) is 0 Å². The second-order valence-corrected chi connectivity index (χ2v) is 8.12. The van der Waals surface area contributed by atoms with Gasteiger partial charge in [-0.25, -0.2) is 8.42 Å². The molecule has 1 atom stereocenters. The highest BCUT2D eigenvalue weighted by molar-refractivity contribution is 7.91. The van der Waals surface area contributed by atoms with Crippen LogP contribution in [0.4, 0.5) is 0 Å². The van der Waals surface area contributed by atoms with Crippen molar-refractivity contribution in [1.29, 1.82) is 0 Å². The molecule has 1 aromatic carbocycles. The predicted molar refractivity (Wildman–Crippen MR) is 74.3 cm³/mol. The Bertz CT molecular complexity index is 511. The molecule has 1 aliphatic heterocycles. The average molecular weight is 267 g/mol. The van der Waals surface area contributed by atoms with Gasteiger partial charge in [-0.05, 0) is 44.4 Å². The van der Waals surface area contributed by atoms with E-state index in [2.05, 4.69) is 5.32 Å². The van der Waals surface area contributed by atoms with Gasteiger partial charge in [0.15, 0.2) is 9.84 Å². The van der Waals surface area contributed by atoms with Gasteiger partial charge in [0, 0.05) is 12.3 Å². The van der Waals surface area contributed by atoms with Crippen LogP contribution in [-0.2, 0) is 14.6 Å². The molecule has 100 valence electrons. The topological polar surface area (TPSA) is 46.2 Å². The van der Waals surface area contributed by atoms with Crippen LogP contribution >= 0.6 is 0 Å². The van der Waals surface area contributed by atoms with Crippen LogP contribution in [0.2, 0.25) is 0 Å². The molecule has 0 bridgehead atoms. The van der Waals surface area contributed by atoms with Crippen molar-refractivity contribution in [1.82, 2.24) is 5.32 Å². The van der Waals surface area contributed by atoms with Crippen molar-refractivity contribution >= 4 is 9.84 Å². The number of rotatable bonds is 3. The summed E-state index contributed by atoms with van der Waals surface area (Å²) >= 11 is 0. The van der Waals surface area contributed by atoms with Crippen molar-refractivity contribution in [3.8, 4) is 0 Å². The molecule has 1 N–H and O–H groups in total. The van der Waals surface area contributed by atoms with Crippen LogP contribution in [0.1, 0.15) is 43.9 Å². The minimum Gasteiger partial charge on any atom is -0.310 e. The first-order chi connectivity index (χ1) is 8.32. The lowest BCUT2D eigenvalue weighted by atomic mass is 9.98. The lowest BCUT2D eigenvalue weighted by molar-refractivity contribution is 0.561. The molecule has 2 rings (SSSR count). The van der Waals surface area contributed by atoms with Crippen LogP contribution < -0.4 is 5.32 Å². The Morgan fingerprint density at radius 1 is 1.22 bits per heavy atom. The number of hydrogen-bond acceptors (Lipinski definition) is 3. The van der Waals surface area contributed by atoms with E-state index in [9.17, 15) is 8.42 Å². The maximum Gasteiger partial charge on any atom is 0.156 e. The van der Waals surface area contributed by atoms with Gasteiger partial charge in [-0.15, -0.1) is 0 Å². The molecule has 0 amide bonds. The van der Waals surface area contributed by atoms with Crippen LogP contribution in [-0.4, -0.2) is 21.2 Å². The number of hydrogen-bond donors (Lipinski definition) is 1. The zero-order valence-electron chi connectivity index (χ0n) is 11.2. The summed E-state index contributed by atoms with van der Waals surface area (Å²) in [6.07, 6.45) is 3.66. The summed E-state index contributed by atoms with van der Waals surface area (Å²) in [5.74, 6) is 0. The van der Waals surface area contributed by atoms with Crippen molar-refractivity contribution in [2.24, 2.45) is 0 Å². The molecule has 4 heteroatoms. The fourth-order valence-electron chi connectivity index (χ4n) is 2.30. The standard InChI is InChI=1S/C14H21NO2S/c1-14(2,18(3,16)17)12-8-6-11(7-9-12)13-5-4-10-15-13/h6-9,13,15H,4-5,10H2,1-3H3. The predicted octanol–water partition coefficient (Wildman–Crippen LogP) is 2.39. The van der Waals surface area contributed by atoms with E-state index in [0.717, 1.165) is 18.5 Å². The molecule has 1 aliphatic rings. The average Bonchev–Trinajstić information content (AvgIpc) is 2.81. The van der Waals surface area contributed by atoms with E-state index in [-0.39, 0.29) is 0 Å². The maximum absolute atomic E-state index is 11.8. The van der Waals surface area contributed by atoms with Crippen LogP contribution in [0.5, 0.6) is 0 Å². The molecule has 1 unspecified atom stereocenters. The van der Waals surface area contributed by atoms with E-state index >= 15 is 0 Å². The number of sulfone groups is 1. The molecule has 0 saturated carbocycles.